The van der Waals surface area contributed by atoms with E-state index in [1.807, 2.05) is 11.4 Å². The second-order valence-electron chi connectivity index (χ2n) is 5.28. The van der Waals surface area contributed by atoms with Gasteiger partial charge in [-0.25, -0.2) is 0 Å². The summed E-state index contributed by atoms with van der Waals surface area (Å²) >= 11 is 1.42. The summed E-state index contributed by atoms with van der Waals surface area (Å²) in [6, 6.07) is 3.62. The van der Waals surface area contributed by atoms with Crippen molar-refractivity contribution in [3.05, 3.63) is 23.4 Å². The van der Waals surface area contributed by atoms with E-state index < -0.39 is 30.5 Å². The largest absolute Gasteiger partial charge is 0.481 e. The van der Waals surface area contributed by atoms with Gasteiger partial charge in [0.25, 0.3) is 0 Å². The molecule has 2 aromatic rings. The Kier molecular flexibility index (Phi) is 4.11. The molecule has 1 saturated heterocycles. The summed E-state index contributed by atoms with van der Waals surface area (Å²) in [5.74, 6) is -4.27. The molecule has 1 N–H and O–H groups in total. The van der Waals surface area contributed by atoms with Crippen molar-refractivity contribution in [1.29, 1.82) is 0 Å². The molecule has 0 saturated carbocycles. The Labute approximate surface area is 132 Å². The number of carboxylic acid groups (broad SMARTS) is 1. The van der Waals surface area contributed by atoms with E-state index in [0.717, 1.165) is 4.88 Å². The van der Waals surface area contributed by atoms with E-state index >= 15 is 0 Å². The standard InChI is InChI=1S/C13H12F3N3O3S/c14-13(15,16)8-5-19(4-7(8)12(20)21)6-10-17-11(18-22-10)9-2-1-3-23-9/h1-3,7-8H,4-6H2,(H,20,21)/t7-,8-/m1/s1. The van der Waals surface area contributed by atoms with Crippen LogP contribution in [0.3, 0.4) is 0 Å². The van der Waals surface area contributed by atoms with E-state index in [0.29, 0.717) is 5.82 Å². The number of hydrogen-bond acceptors (Lipinski definition) is 6. The highest BCUT2D eigenvalue weighted by atomic mass is 32.1. The Morgan fingerprint density at radius 3 is 2.83 bits per heavy atom. The number of alkyl halides is 3. The lowest BCUT2D eigenvalue weighted by Crippen LogP contribution is -2.33. The Morgan fingerprint density at radius 1 is 1.48 bits per heavy atom. The number of halogens is 3. The van der Waals surface area contributed by atoms with Crippen molar-refractivity contribution in [3.8, 4) is 10.7 Å². The SMILES string of the molecule is O=C(O)[C@@H]1CN(Cc2nc(-c3cccs3)no2)C[C@H]1C(F)(F)F. The van der Waals surface area contributed by atoms with Crippen LogP contribution in [-0.2, 0) is 11.3 Å². The number of nitrogens with zero attached hydrogens (tertiary/aromatic N) is 3. The van der Waals surface area contributed by atoms with Crippen LogP contribution in [0.5, 0.6) is 0 Å². The minimum Gasteiger partial charge on any atom is -0.481 e. The molecule has 0 amide bonds. The Hall–Kier alpha value is -1.94. The van der Waals surface area contributed by atoms with E-state index in [4.69, 9.17) is 9.63 Å². The third-order valence-electron chi connectivity index (χ3n) is 3.70. The molecule has 3 heterocycles. The molecule has 6 nitrogen and oxygen atoms in total. The van der Waals surface area contributed by atoms with Gasteiger partial charge in [0.05, 0.1) is 23.3 Å². The summed E-state index contributed by atoms with van der Waals surface area (Å²) in [5.41, 5.74) is 0. The lowest BCUT2D eigenvalue weighted by molar-refractivity contribution is -0.188. The van der Waals surface area contributed by atoms with Crippen LogP contribution in [0.2, 0.25) is 0 Å². The van der Waals surface area contributed by atoms with Crippen molar-refractivity contribution in [2.45, 2.75) is 12.7 Å². The Bertz CT molecular complexity index is 686. The zero-order valence-electron chi connectivity index (χ0n) is 11.7. The van der Waals surface area contributed by atoms with Crippen molar-refractivity contribution in [2.75, 3.05) is 13.1 Å². The Balaban J connectivity index is 1.70. The molecule has 1 fully saturated rings. The van der Waals surface area contributed by atoms with E-state index in [1.165, 1.54) is 16.2 Å². The van der Waals surface area contributed by atoms with Crippen LogP contribution in [-0.4, -0.2) is 45.4 Å². The summed E-state index contributed by atoms with van der Waals surface area (Å²) in [5, 5.41) is 14.6. The van der Waals surface area contributed by atoms with Gasteiger partial charge in [-0.2, -0.15) is 18.2 Å². The number of hydrogen-bond donors (Lipinski definition) is 1. The summed E-state index contributed by atoms with van der Waals surface area (Å²) in [6.45, 7) is -0.595. The molecule has 0 aromatic carbocycles. The number of rotatable bonds is 4. The van der Waals surface area contributed by atoms with Crippen LogP contribution in [0.1, 0.15) is 5.89 Å². The minimum absolute atomic E-state index is 0.00522. The third-order valence-corrected chi connectivity index (χ3v) is 4.57. The van der Waals surface area contributed by atoms with E-state index in [1.54, 1.807) is 6.07 Å². The fourth-order valence-electron chi connectivity index (χ4n) is 2.61. The maximum Gasteiger partial charge on any atom is 0.393 e. The quantitative estimate of drug-likeness (QED) is 0.915. The van der Waals surface area contributed by atoms with Crippen LogP contribution in [0.15, 0.2) is 22.0 Å². The molecular formula is C13H12F3N3O3S. The first-order valence-corrected chi connectivity index (χ1v) is 7.61. The molecule has 3 rings (SSSR count). The van der Waals surface area contributed by atoms with Crippen molar-refractivity contribution < 1.29 is 27.6 Å². The summed E-state index contributed by atoms with van der Waals surface area (Å²) < 4.78 is 43.8. The molecular weight excluding hydrogens is 335 g/mol. The molecule has 1 aliphatic heterocycles. The average Bonchev–Trinajstić information content (AvgIpc) is 3.17. The molecule has 0 bridgehead atoms. The molecule has 23 heavy (non-hydrogen) atoms. The maximum absolute atomic E-state index is 12.9. The Morgan fingerprint density at radius 2 is 2.26 bits per heavy atom. The van der Waals surface area contributed by atoms with Gasteiger partial charge in [-0.3, -0.25) is 9.69 Å². The molecule has 2 aromatic heterocycles. The second-order valence-corrected chi connectivity index (χ2v) is 6.22. The molecule has 0 unspecified atom stereocenters. The minimum atomic E-state index is -4.55. The smallest absolute Gasteiger partial charge is 0.393 e. The number of aliphatic carboxylic acids is 1. The number of likely N-dealkylation sites (tertiary alicyclic amines) is 1. The van der Waals surface area contributed by atoms with Gasteiger partial charge in [-0.05, 0) is 11.4 Å². The highest BCUT2D eigenvalue weighted by Gasteiger charge is 2.52. The highest BCUT2D eigenvalue weighted by Crippen LogP contribution is 2.38. The zero-order chi connectivity index (χ0) is 16.6. The molecule has 2 atom stereocenters. The third kappa shape index (κ3) is 3.37. The van der Waals surface area contributed by atoms with Gasteiger partial charge < -0.3 is 9.63 Å². The summed E-state index contributed by atoms with van der Waals surface area (Å²) in [7, 11) is 0. The molecule has 124 valence electrons. The predicted octanol–water partition coefficient (Wildman–Crippen LogP) is 2.49. The van der Waals surface area contributed by atoms with Crippen LogP contribution < -0.4 is 0 Å². The van der Waals surface area contributed by atoms with Gasteiger partial charge in [-0.15, -0.1) is 11.3 Å². The normalized spacial score (nSPS) is 22.6. The fraction of sp³-hybridized carbons (Fsp3) is 0.462. The first-order chi connectivity index (χ1) is 10.8. The lowest BCUT2D eigenvalue weighted by Gasteiger charge is -2.17. The van der Waals surface area contributed by atoms with E-state index in [2.05, 4.69) is 10.1 Å². The van der Waals surface area contributed by atoms with Gasteiger partial charge in [0.1, 0.15) is 0 Å². The van der Waals surface area contributed by atoms with Crippen LogP contribution in [0, 0.1) is 11.8 Å². The number of thiophene rings is 1. The summed E-state index contributed by atoms with van der Waals surface area (Å²) in [4.78, 5) is 17.3. The average molecular weight is 347 g/mol. The number of carboxylic acids is 1. The van der Waals surface area contributed by atoms with Crippen LogP contribution in [0.25, 0.3) is 10.7 Å². The van der Waals surface area contributed by atoms with Gasteiger partial charge >= 0.3 is 12.1 Å². The van der Waals surface area contributed by atoms with Gasteiger partial charge in [0.2, 0.25) is 11.7 Å². The van der Waals surface area contributed by atoms with Crippen molar-refractivity contribution in [3.63, 3.8) is 0 Å². The van der Waals surface area contributed by atoms with Crippen molar-refractivity contribution in [1.82, 2.24) is 15.0 Å². The predicted molar refractivity (Wildman–Crippen MR) is 73.6 cm³/mol. The number of carbonyl (C=O) groups is 1. The highest BCUT2D eigenvalue weighted by molar-refractivity contribution is 7.13. The van der Waals surface area contributed by atoms with Gasteiger partial charge in [0, 0.05) is 13.1 Å². The van der Waals surface area contributed by atoms with E-state index in [-0.39, 0.29) is 19.0 Å². The molecule has 1 aliphatic rings. The first-order valence-electron chi connectivity index (χ1n) is 6.73. The monoisotopic (exact) mass is 347 g/mol. The molecule has 10 heteroatoms. The second kappa shape index (κ2) is 5.93. The van der Waals surface area contributed by atoms with Crippen LogP contribution in [0.4, 0.5) is 13.2 Å². The zero-order valence-corrected chi connectivity index (χ0v) is 12.5. The molecule has 0 spiro atoms. The topological polar surface area (TPSA) is 79.5 Å². The lowest BCUT2D eigenvalue weighted by atomic mass is 9.96. The van der Waals surface area contributed by atoms with Crippen molar-refractivity contribution in [2.24, 2.45) is 11.8 Å². The molecule has 0 radical (unpaired) electrons. The molecule has 0 aliphatic carbocycles. The fourth-order valence-corrected chi connectivity index (χ4v) is 3.26. The first kappa shape index (κ1) is 15.9. The summed E-state index contributed by atoms with van der Waals surface area (Å²) in [6.07, 6.45) is -4.55. The van der Waals surface area contributed by atoms with E-state index in [9.17, 15) is 18.0 Å². The van der Waals surface area contributed by atoms with Crippen molar-refractivity contribution >= 4 is 17.3 Å². The number of aromatic nitrogens is 2. The van der Waals surface area contributed by atoms with Gasteiger partial charge in [-0.1, -0.05) is 11.2 Å². The van der Waals surface area contributed by atoms with Crippen LogP contribution >= 0.6 is 11.3 Å². The van der Waals surface area contributed by atoms with Gasteiger partial charge in [0.15, 0.2) is 0 Å². The maximum atomic E-state index is 12.9.